The number of hydrogen-bond donors (Lipinski definition) is 1. The van der Waals surface area contributed by atoms with Gasteiger partial charge in [0.2, 0.25) is 0 Å². The SMILES string of the molecule is CCCCC(CCC)NC(=O)c1cc(Cl)ccc1F. The van der Waals surface area contributed by atoms with Crippen molar-refractivity contribution in [3.8, 4) is 0 Å². The summed E-state index contributed by atoms with van der Waals surface area (Å²) in [5.74, 6) is -0.915. The zero-order valence-electron chi connectivity index (χ0n) is 11.5. The van der Waals surface area contributed by atoms with Crippen molar-refractivity contribution < 1.29 is 9.18 Å². The molecule has 0 radical (unpaired) electrons. The zero-order valence-corrected chi connectivity index (χ0v) is 12.3. The quantitative estimate of drug-likeness (QED) is 0.781. The molecule has 1 atom stereocenters. The van der Waals surface area contributed by atoms with E-state index in [4.69, 9.17) is 11.6 Å². The predicted octanol–water partition coefficient (Wildman–Crippen LogP) is 4.57. The molecule has 0 aromatic heterocycles. The Morgan fingerprint density at radius 2 is 2.05 bits per heavy atom. The lowest BCUT2D eigenvalue weighted by Crippen LogP contribution is -2.35. The van der Waals surface area contributed by atoms with Crippen LogP contribution in [0.15, 0.2) is 18.2 Å². The lowest BCUT2D eigenvalue weighted by molar-refractivity contribution is 0.0928. The number of amides is 1. The molecule has 1 aromatic rings. The van der Waals surface area contributed by atoms with Gasteiger partial charge in [0.1, 0.15) is 5.82 Å². The van der Waals surface area contributed by atoms with E-state index in [2.05, 4.69) is 19.2 Å². The molecule has 0 fully saturated rings. The van der Waals surface area contributed by atoms with Gasteiger partial charge in [-0.1, -0.05) is 44.7 Å². The Balaban J connectivity index is 2.72. The summed E-state index contributed by atoms with van der Waals surface area (Å²) in [5.41, 5.74) is 0.0186. The first-order chi connectivity index (χ1) is 9.08. The van der Waals surface area contributed by atoms with Gasteiger partial charge in [-0.2, -0.15) is 0 Å². The van der Waals surface area contributed by atoms with Crippen molar-refractivity contribution in [2.24, 2.45) is 0 Å². The van der Waals surface area contributed by atoms with Gasteiger partial charge in [0.25, 0.3) is 5.91 Å². The maximum Gasteiger partial charge on any atom is 0.254 e. The first-order valence-corrected chi connectivity index (χ1v) is 7.22. The van der Waals surface area contributed by atoms with Gasteiger partial charge in [0.05, 0.1) is 5.56 Å². The van der Waals surface area contributed by atoms with E-state index < -0.39 is 5.82 Å². The van der Waals surface area contributed by atoms with Gasteiger partial charge in [-0.05, 0) is 31.0 Å². The van der Waals surface area contributed by atoms with Crippen molar-refractivity contribution in [1.29, 1.82) is 0 Å². The summed E-state index contributed by atoms with van der Waals surface area (Å²) in [6.07, 6.45) is 4.98. The summed E-state index contributed by atoms with van der Waals surface area (Å²) >= 11 is 5.80. The molecule has 0 saturated carbocycles. The highest BCUT2D eigenvalue weighted by atomic mass is 35.5. The summed E-state index contributed by atoms with van der Waals surface area (Å²) in [7, 11) is 0. The van der Waals surface area contributed by atoms with E-state index in [0.717, 1.165) is 32.1 Å². The van der Waals surface area contributed by atoms with Crippen molar-refractivity contribution in [2.75, 3.05) is 0 Å². The maximum absolute atomic E-state index is 13.6. The molecule has 0 saturated heterocycles. The van der Waals surface area contributed by atoms with Gasteiger partial charge in [0.15, 0.2) is 0 Å². The highest BCUT2D eigenvalue weighted by molar-refractivity contribution is 6.31. The van der Waals surface area contributed by atoms with E-state index in [-0.39, 0.29) is 17.5 Å². The molecule has 0 aliphatic carbocycles. The molecule has 1 amide bonds. The fourth-order valence-corrected chi connectivity index (χ4v) is 2.19. The van der Waals surface area contributed by atoms with Gasteiger partial charge in [0, 0.05) is 11.1 Å². The van der Waals surface area contributed by atoms with Crippen LogP contribution in [0.4, 0.5) is 4.39 Å². The van der Waals surface area contributed by atoms with Crippen molar-refractivity contribution in [1.82, 2.24) is 5.32 Å². The number of carbonyl (C=O) groups excluding carboxylic acids is 1. The van der Waals surface area contributed by atoms with E-state index in [0.29, 0.717) is 5.02 Å². The highest BCUT2D eigenvalue weighted by Crippen LogP contribution is 2.16. The minimum atomic E-state index is -0.535. The average molecular weight is 286 g/mol. The molecule has 0 spiro atoms. The molecule has 4 heteroatoms. The average Bonchev–Trinajstić information content (AvgIpc) is 2.39. The number of benzene rings is 1. The first kappa shape index (κ1) is 16.0. The van der Waals surface area contributed by atoms with Crippen LogP contribution in [0.5, 0.6) is 0 Å². The molecular weight excluding hydrogens is 265 g/mol. The summed E-state index contributed by atoms with van der Waals surface area (Å²) in [6, 6.07) is 4.14. The molecule has 0 aliphatic heterocycles. The van der Waals surface area contributed by atoms with E-state index >= 15 is 0 Å². The van der Waals surface area contributed by atoms with Crippen LogP contribution in [-0.4, -0.2) is 11.9 Å². The van der Waals surface area contributed by atoms with Crippen LogP contribution >= 0.6 is 11.6 Å². The van der Waals surface area contributed by atoms with E-state index in [1.807, 2.05) is 0 Å². The van der Waals surface area contributed by atoms with Gasteiger partial charge in [-0.25, -0.2) is 4.39 Å². The van der Waals surface area contributed by atoms with Crippen LogP contribution in [-0.2, 0) is 0 Å². The van der Waals surface area contributed by atoms with Gasteiger partial charge >= 0.3 is 0 Å². The van der Waals surface area contributed by atoms with Crippen molar-refractivity contribution in [3.63, 3.8) is 0 Å². The number of rotatable bonds is 7. The third kappa shape index (κ3) is 5.19. The molecule has 2 nitrogen and oxygen atoms in total. The monoisotopic (exact) mass is 285 g/mol. The minimum Gasteiger partial charge on any atom is -0.349 e. The number of nitrogens with one attached hydrogen (secondary N) is 1. The van der Waals surface area contributed by atoms with Crippen LogP contribution in [0.25, 0.3) is 0 Å². The largest absolute Gasteiger partial charge is 0.349 e. The Labute approximate surface area is 119 Å². The number of hydrogen-bond acceptors (Lipinski definition) is 1. The molecule has 0 heterocycles. The lowest BCUT2D eigenvalue weighted by Gasteiger charge is -2.18. The standard InChI is InChI=1S/C15H21ClFNO/c1-3-5-7-12(6-4-2)18-15(19)13-10-11(16)8-9-14(13)17/h8-10,12H,3-7H2,1-2H3,(H,18,19). The molecule has 1 aromatic carbocycles. The van der Waals surface area contributed by atoms with Crippen LogP contribution in [0.3, 0.4) is 0 Å². The Bertz CT molecular complexity index is 423. The number of carbonyl (C=O) groups is 1. The number of halogens is 2. The number of unbranched alkanes of at least 4 members (excludes halogenated alkanes) is 1. The van der Waals surface area contributed by atoms with E-state index in [9.17, 15) is 9.18 Å². The Hall–Kier alpha value is -1.09. The van der Waals surface area contributed by atoms with E-state index in [1.165, 1.54) is 18.2 Å². The summed E-state index contributed by atoms with van der Waals surface area (Å²) in [4.78, 5) is 12.1. The molecule has 1 N–H and O–H groups in total. The smallest absolute Gasteiger partial charge is 0.254 e. The molecule has 1 rings (SSSR count). The highest BCUT2D eigenvalue weighted by Gasteiger charge is 2.16. The molecular formula is C15H21ClFNO. The second kappa shape index (κ2) is 8.16. The maximum atomic E-state index is 13.6. The van der Waals surface area contributed by atoms with Gasteiger partial charge in [-0.15, -0.1) is 0 Å². The Morgan fingerprint density at radius 1 is 1.32 bits per heavy atom. The minimum absolute atomic E-state index is 0.0186. The van der Waals surface area contributed by atoms with Crippen LogP contribution in [0.2, 0.25) is 5.02 Å². The molecule has 106 valence electrons. The van der Waals surface area contributed by atoms with Crippen LogP contribution in [0.1, 0.15) is 56.3 Å². The van der Waals surface area contributed by atoms with Crippen LogP contribution < -0.4 is 5.32 Å². The van der Waals surface area contributed by atoms with Crippen molar-refractivity contribution >= 4 is 17.5 Å². The third-order valence-electron chi connectivity index (χ3n) is 3.05. The van der Waals surface area contributed by atoms with Crippen molar-refractivity contribution in [3.05, 3.63) is 34.6 Å². The third-order valence-corrected chi connectivity index (χ3v) is 3.29. The fraction of sp³-hybridized carbons (Fsp3) is 0.533. The first-order valence-electron chi connectivity index (χ1n) is 6.84. The van der Waals surface area contributed by atoms with Gasteiger partial charge < -0.3 is 5.32 Å². The normalized spacial score (nSPS) is 12.2. The van der Waals surface area contributed by atoms with Gasteiger partial charge in [-0.3, -0.25) is 4.79 Å². The zero-order chi connectivity index (χ0) is 14.3. The van der Waals surface area contributed by atoms with Crippen LogP contribution in [0, 0.1) is 5.82 Å². The van der Waals surface area contributed by atoms with E-state index in [1.54, 1.807) is 0 Å². The topological polar surface area (TPSA) is 29.1 Å². The second-order valence-electron chi connectivity index (χ2n) is 4.73. The summed E-state index contributed by atoms with van der Waals surface area (Å²) in [6.45, 7) is 4.19. The predicted molar refractivity (Wildman–Crippen MR) is 77.1 cm³/mol. The van der Waals surface area contributed by atoms with Crippen molar-refractivity contribution in [2.45, 2.75) is 52.0 Å². The lowest BCUT2D eigenvalue weighted by atomic mass is 10.0. The molecule has 0 bridgehead atoms. The molecule has 0 aliphatic rings. The summed E-state index contributed by atoms with van der Waals surface area (Å²) < 4.78 is 13.6. The summed E-state index contributed by atoms with van der Waals surface area (Å²) in [5, 5.41) is 3.27. The molecule has 1 unspecified atom stereocenters. The Morgan fingerprint density at radius 3 is 2.68 bits per heavy atom. The Kier molecular flexibility index (Phi) is 6.85. The second-order valence-corrected chi connectivity index (χ2v) is 5.16. The fourth-order valence-electron chi connectivity index (χ4n) is 2.02. The molecule has 19 heavy (non-hydrogen) atoms.